The van der Waals surface area contributed by atoms with Gasteiger partial charge >= 0.3 is 0 Å². The summed E-state index contributed by atoms with van der Waals surface area (Å²) in [6.45, 7) is 4.36. The van der Waals surface area contributed by atoms with Gasteiger partial charge in [0.2, 0.25) is 11.8 Å². The topological polar surface area (TPSA) is 49.4 Å². The van der Waals surface area contributed by atoms with Crippen molar-refractivity contribution in [3.8, 4) is 0 Å². The zero-order chi connectivity index (χ0) is 19.6. The van der Waals surface area contributed by atoms with Crippen molar-refractivity contribution in [2.45, 2.75) is 45.7 Å². The van der Waals surface area contributed by atoms with Crippen LogP contribution in [0.1, 0.15) is 37.8 Å². The van der Waals surface area contributed by atoms with E-state index in [1.807, 2.05) is 37.3 Å². The zero-order valence-corrected chi connectivity index (χ0v) is 16.0. The second-order valence-corrected chi connectivity index (χ2v) is 6.60. The molecule has 0 saturated carbocycles. The van der Waals surface area contributed by atoms with Gasteiger partial charge in [0.1, 0.15) is 11.9 Å². The number of nitrogens with zero attached hydrogens (tertiary/aromatic N) is 1. The Morgan fingerprint density at radius 3 is 2.41 bits per heavy atom. The maximum atomic E-state index is 14.1. The third-order valence-electron chi connectivity index (χ3n) is 4.49. The van der Waals surface area contributed by atoms with Crippen molar-refractivity contribution in [2.75, 3.05) is 6.54 Å². The highest BCUT2D eigenvalue weighted by atomic mass is 19.1. The number of hydrogen-bond donors (Lipinski definition) is 1. The summed E-state index contributed by atoms with van der Waals surface area (Å²) in [6.07, 6.45) is 2.02. The molecule has 0 aliphatic carbocycles. The summed E-state index contributed by atoms with van der Waals surface area (Å²) < 4.78 is 14.1. The molecule has 0 aliphatic rings. The normalized spacial score (nSPS) is 11.7. The molecule has 0 heterocycles. The molecule has 144 valence electrons. The molecule has 4 nitrogen and oxygen atoms in total. The maximum Gasteiger partial charge on any atom is 0.242 e. The van der Waals surface area contributed by atoms with Crippen LogP contribution in [-0.4, -0.2) is 29.3 Å². The Morgan fingerprint density at radius 2 is 1.74 bits per heavy atom. The summed E-state index contributed by atoms with van der Waals surface area (Å²) in [6, 6.07) is 15.0. The molecule has 27 heavy (non-hydrogen) atoms. The van der Waals surface area contributed by atoms with Gasteiger partial charge in [0.25, 0.3) is 0 Å². The molecule has 0 fully saturated rings. The molecular weight excluding hydrogens is 343 g/mol. The quantitative estimate of drug-likeness (QED) is 0.684. The van der Waals surface area contributed by atoms with Crippen LogP contribution in [0.5, 0.6) is 0 Å². The van der Waals surface area contributed by atoms with Crippen LogP contribution < -0.4 is 5.32 Å². The van der Waals surface area contributed by atoms with Gasteiger partial charge < -0.3 is 10.2 Å². The molecule has 0 aromatic heterocycles. The van der Waals surface area contributed by atoms with E-state index in [1.54, 1.807) is 25.1 Å². The predicted octanol–water partition coefficient (Wildman–Crippen LogP) is 3.70. The van der Waals surface area contributed by atoms with E-state index in [-0.39, 0.29) is 30.6 Å². The molecule has 0 saturated heterocycles. The smallest absolute Gasteiger partial charge is 0.242 e. The molecular formula is C22H27FN2O2. The fraction of sp³-hybridized carbons (Fsp3) is 0.364. The maximum absolute atomic E-state index is 14.1. The first kappa shape index (κ1) is 20.6. The van der Waals surface area contributed by atoms with Crippen LogP contribution in [0.2, 0.25) is 0 Å². The third kappa shape index (κ3) is 6.20. The summed E-state index contributed by atoms with van der Waals surface area (Å²) in [5.74, 6) is -0.808. The molecule has 0 aliphatic heterocycles. The van der Waals surface area contributed by atoms with Gasteiger partial charge in [0, 0.05) is 18.7 Å². The summed E-state index contributed by atoms with van der Waals surface area (Å²) in [7, 11) is 0. The Labute approximate surface area is 160 Å². The first-order valence-corrected chi connectivity index (χ1v) is 9.37. The van der Waals surface area contributed by atoms with Gasteiger partial charge in [-0.1, -0.05) is 61.9 Å². The minimum atomic E-state index is -0.683. The molecule has 0 unspecified atom stereocenters. The average Bonchev–Trinajstić information content (AvgIpc) is 2.67. The van der Waals surface area contributed by atoms with Crippen molar-refractivity contribution in [1.29, 1.82) is 0 Å². The van der Waals surface area contributed by atoms with Crippen molar-refractivity contribution < 1.29 is 14.0 Å². The van der Waals surface area contributed by atoms with Crippen molar-refractivity contribution >= 4 is 11.8 Å². The molecule has 1 N–H and O–H groups in total. The molecule has 5 heteroatoms. The van der Waals surface area contributed by atoms with Crippen LogP contribution in [0.3, 0.4) is 0 Å². The summed E-state index contributed by atoms with van der Waals surface area (Å²) >= 11 is 0. The molecule has 2 aromatic rings. The van der Waals surface area contributed by atoms with Crippen LogP contribution in [0, 0.1) is 5.82 Å². The number of hydrogen-bond acceptors (Lipinski definition) is 2. The first-order chi connectivity index (χ1) is 13.0. The predicted molar refractivity (Wildman–Crippen MR) is 104 cm³/mol. The summed E-state index contributed by atoms with van der Waals surface area (Å²) in [4.78, 5) is 26.9. The minimum absolute atomic E-state index is 0.0563. The Hall–Kier alpha value is -2.69. The number of carbonyl (C=O) groups excluding carboxylic acids is 2. The third-order valence-corrected chi connectivity index (χ3v) is 4.49. The number of amides is 2. The van der Waals surface area contributed by atoms with Gasteiger partial charge in [0.05, 0.1) is 6.42 Å². The molecule has 2 aromatic carbocycles. The van der Waals surface area contributed by atoms with Gasteiger partial charge in [0.15, 0.2) is 0 Å². The highest BCUT2D eigenvalue weighted by molar-refractivity contribution is 5.88. The molecule has 2 rings (SSSR count). The highest BCUT2D eigenvalue weighted by Gasteiger charge is 2.26. The van der Waals surface area contributed by atoms with Crippen LogP contribution in [0.25, 0.3) is 0 Å². The SMILES string of the molecule is CCCCNC(=O)[C@H](C)N(Cc1ccccc1F)C(=O)Cc1ccccc1. The van der Waals surface area contributed by atoms with Crippen molar-refractivity contribution in [3.63, 3.8) is 0 Å². The lowest BCUT2D eigenvalue weighted by molar-refractivity contribution is -0.140. The van der Waals surface area contributed by atoms with E-state index >= 15 is 0 Å². The largest absolute Gasteiger partial charge is 0.354 e. The number of unbranched alkanes of at least 4 members (excludes halogenated alkanes) is 1. The molecule has 2 amide bonds. The number of rotatable bonds is 9. The van der Waals surface area contributed by atoms with E-state index < -0.39 is 6.04 Å². The van der Waals surface area contributed by atoms with Crippen LogP contribution >= 0.6 is 0 Å². The van der Waals surface area contributed by atoms with E-state index in [4.69, 9.17) is 0 Å². The van der Waals surface area contributed by atoms with E-state index in [9.17, 15) is 14.0 Å². The van der Waals surface area contributed by atoms with Crippen LogP contribution in [0.4, 0.5) is 4.39 Å². The van der Waals surface area contributed by atoms with Crippen LogP contribution in [0.15, 0.2) is 54.6 Å². The standard InChI is InChI=1S/C22H27FN2O2/c1-3-4-14-24-22(27)17(2)25(16-19-12-8-9-13-20(19)23)21(26)15-18-10-6-5-7-11-18/h5-13,17H,3-4,14-16H2,1-2H3,(H,24,27)/t17-/m0/s1. The van der Waals surface area contributed by atoms with Gasteiger partial charge in [-0.05, 0) is 25.0 Å². The lowest BCUT2D eigenvalue weighted by Gasteiger charge is -2.29. The monoisotopic (exact) mass is 370 g/mol. The Bertz CT molecular complexity index is 749. The Kier molecular flexibility index (Phi) is 7.99. The fourth-order valence-electron chi connectivity index (χ4n) is 2.80. The molecule has 0 spiro atoms. The number of halogens is 1. The Balaban J connectivity index is 2.17. The number of carbonyl (C=O) groups is 2. The van der Waals surface area contributed by atoms with Gasteiger partial charge in [-0.3, -0.25) is 9.59 Å². The second kappa shape index (κ2) is 10.5. The minimum Gasteiger partial charge on any atom is -0.354 e. The van der Waals surface area contributed by atoms with E-state index in [1.165, 1.54) is 11.0 Å². The van der Waals surface area contributed by atoms with Crippen LogP contribution in [-0.2, 0) is 22.6 Å². The second-order valence-electron chi connectivity index (χ2n) is 6.60. The van der Waals surface area contributed by atoms with Crippen molar-refractivity contribution in [2.24, 2.45) is 0 Å². The number of benzene rings is 2. The number of nitrogens with one attached hydrogen (secondary N) is 1. The molecule has 0 bridgehead atoms. The molecule has 0 radical (unpaired) electrons. The van der Waals surface area contributed by atoms with Gasteiger partial charge in [-0.2, -0.15) is 0 Å². The molecule has 1 atom stereocenters. The zero-order valence-electron chi connectivity index (χ0n) is 16.0. The van der Waals surface area contributed by atoms with E-state index in [0.717, 1.165) is 18.4 Å². The average molecular weight is 370 g/mol. The van der Waals surface area contributed by atoms with Crippen molar-refractivity contribution in [1.82, 2.24) is 10.2 Å². The Morgan fingerprint density at radius 1 is 1.07 bits per heavy atom. The van der Waals surface area contributed by atoms with E-state index in [0.29, 0.717) is 12.1 Å². The fourth-order valence-corrected chi connectivity index (χ4v) is 2.80. The first-order valence-electron chi connectivity index (χ1n) is 9.37. The van der Waals surface area contributed by atoms with E-state index in [2.05, 4.69) is 5.32 Å². The lowest BCUT2D eigenvalue weighted by Crippen LogP contribution is -2.48. The summed E-state index contributed by atoms with van der Waals surface area (Å²) in [5.41, 5.74) is 1.26. The van der Waals surface area contributed by atoms with Gasteiger partial charge in [-0.25, -0.2) is 4.39 Å². The van der Waals surface area contributed by atoms with Crippen molar-refractivity contribution in [3.05, 3.63) is 71.5 Å². The lowest BCUT2D eigenvalue weighted by atomic mass is 10.1. The highest BCUT2D eigenvalue weighted by Crippen LogP contribution is 2.15. The summed E-state index contributed by atoms with van der Waals surface area (Å²) in [5, 5.41) is 2.86. The van der Waals surface area contributed by atoms with Gasteiger partial charge in [-0.15, -0.1) is 0 Å².